The molecular formula is C14H13N3O4. The number of benzene rings is 1. The van der Waals surface area contributed by atoms with Gasteiger partial charge < -0.3 is 5.11 Å². The van der Waals surface area contributed by atoms with Crippen LogP contribution in [0, 0.1) is 17.0 Å². The molecule has 0 saturated heterocycles. The van der Waals surface area contributed by atoms with E-state index in [9.17, 15) is 20.0 Å². The first-order valence-electron chi connectivity index (χ1n) is 6.13. The Kier molecular flexibility index (Phi) is 4.13. The Balaban J connectivity index is 2.41. The second kappa shape index (κ2) is 6.00. The van der Waals surface area contributed by atoms with Gasteiger partial charge in [0.2, 0.25) is 0 Å². The van der Waals surface area contributed by atoms with E-state index in [1.54, 1.807) is 31.5 Å². The highest BCUT2D eigenvalue weighted by molar-refractivity contribution is 5.87. The maximum atomic E-state index is 11.5. The van der Waals surface area contributed by atoms with E-state index in [1.807, 2.05) is 0 Å². The van der Waals surface area contributed by atoms with Gasteiger partial charge in [-0.2, -0.15) is 0 Å². The number of aromatic nitrogens is 1. The van der Waals surface area contributed by atoms with Gasteiger partial charge in [-0.25, -0.2) is 4.79 Å². The highest BCUT2D eigenvalue weighted by Crippen LogP contribution is 2.27. The number of carbonyl (C=O) groups is 1. The number of carboxylic acid groups (broad SMARTS) is 1. The fourth-order valence-electron chi connectivity index (χ4n) is 1.93. The minimum absolute atomic E-state index is 0.0971. The lowest BCUT2D eigenvalue weighted by Crippen LogP contribution is -2.29. The van der Waals surface area contributed by atoms with Gasteiger partial charge in [-0.05, 0) is 30.2 Å². The number of nitro groups is 1. The molecule has 0 radical (unpaired) electrons. The summed E-state index contributed by atoms with van der Waals surface area (Å²) < 4.78 is 0. The third-order valence-electron chi connectivity index (χ3n) is 3.02. The van der Waals surface area contributed by atoms with E-state index in [0.717, 1.165) is 10.5 Å². The molecule has 0 spiro atoms. The van der Waals surface area contributed by atoms with Crippen LogP contribution < -0.4 is 4.90 Å². The van der Waals surface area contributed by atoms with Gasteiger partial charge in [-0.3, -0.25) is 20.0 Å². The molecule has 1 aromatic heterocycles. The number of amides is 1. The number of hydrogen-bond donors (Lipinski definition) is 1. The minimum atomic E-state index is -1.17. The predicted octanol–water partition coefficient (Wildman–Crippen LogP) is 2.98. The van der Waals surface area contributed by atoms with E-state index in [2.05, 4.69) is 4.98 Å². The van der Waals surface area contributed by atoms with Gasteiger partial charge in [0, 0.05) is 24.5 Å². The van der Waals surface area contributed by atoms with E-state index in [1.165, 1.54) is 18.2 Å². The zero-order valence-electron chi connectivity index (χ0n) is 11.3. The second-order valence-electron chi connectivity index (χ2n) is 4.45. The molecule has 108 valence electrons. The lowest BCUT2D eigenvalue weighted by Gasteiger charge is -2.21. The van der Waals surface area contributed by atoms with Crippen molar-refractivity contribution in [3.8, 4) is 0 Å². The number of non-ortho nitro benzene ring substituents is 1. The van der Waals surface area contributed by atoms with Crippen LogP contribution in [0.3, 0.4) is 0 Å². The summed E-state index contributed by atoms with van der Waals surface area (Å²) >= 11 is 0. The highest BCUT2D eigenvalue weighted by atomic mass is 16.6. The molecule has 21 heavy (non-hydrogen) atoms. The van der Waals surface area contributed by atoms with Gasteiger partial charge >= 0.3 is 6.09 Å². The first-order chi connectivity index (χ1) is 9.99. The Morgan fingerprint density at radius 1 is 1.33 bits per heavy atom. The van der Waals surface area contributed by atoms with Crippen molar-refractivity contribution in [3.63, 3.8) is 0 Å². The van der Waals surface area contributed by atoms with Gasteiger partial charge in [0.15, 0.2) is 0 Å². The lowest BCUT2D eigenvalue weighted by atomic mass is 10.1. The van der Waals surface area contributed by atoms with Crippen LogP contribution in [-0.4, -0.2) is 21.1 Å². The average Bonchev–Trinajstić information content (AvgIpc) is 2.46. The van der Waals surface area contributed by atoms with E-state index < -0.39 is 11.0 Å². The molecular weight excluding hydrogens is 274 g/mol. The first-order valence-corrected chi connectivity index (χ1v) is 6.13. The van der Waals surface area contributed by atoms with Crippen molar-refractivity contribution in [2.45, 2.75) is 13.5 Å². The highest BCUT2D eigenvalue weighted by Gasteiger charge is 2.20. The zero-order chi connectivity index (χ0) is 15.4. The van der Waals surface area contributed by atoms with Crippen LogP contribution in [0.15, 0.2) is 42.7 Å². The summed E-state index contributed by atoms with van der Waals surface area (Å²) in [5, 5.41) is 20.2. The van der Waals surface area contributed by atoms with Crippen LogP contribution >= 0.6 is 0 Å². The van der Waals surface area contributed by atoms with Gasteiger partial charge in [0.25, 0.3) is 5.69 Å². The first kappa shape index (κ1) is 14.4. The smallest absolute Gasteiger partial charge is 0.412 e. The van der Waals surface area contributed by atoms with Gasteiger partial charge in [-0.1, -0.05) is 6.07 Å². The van der Waals surface area contributed by atoms with Crippen molar-refractivity contribution in [2.24, 2.45) is 0 Å². The fourth-order valence-corrected chi connectivity index (χ4v) is 1.93. The van der Waals surface area contributed by atoms with Crippen molar-refractivity contribution in [1.29, 1.82) is 0 Å². The SMILES string of the molecule is Cc1ccc([N+](=O)[O-])cc1N(Cc1ccncc1)C(=O)O. The Labute approximate surface area is 120 Å². The summed E-state index contributed by atoms with van der Waals surface area (Å²) in [5.74, 6) is 0. The normalized spacial score (nSPS) is 10.1. The summed E-state index contributed by atoms with van der Waals surface area (Å²) in [7, 11) is 0. The van der Waals surface area contributed by atoms with E-state index in [4.69, 9.17) is 0 Å². The summed E-state index contributed by atoms with van der Waals surface area (Å²) in [6.45, 7) is 1.81. The van der Waals surface area contributed by atoms with E-state index in [-0.39, 0.29) is 12.2 Å². The fraction of sp³-hybridized carbons (Fsp3) is 0.143. The monoisotopic (exact) mass is 287 g/mol. The lowest BCUT2D eigenvalue weighted by molar-refractivity contribution is -0.384. The van der Waals surface area contributed by atoms with E-state index >= 15 is 0 Å². The summed E-state index contributed by atoms with van der Waals surface area (Å²) in [6.07, 6.45) is 1.96. The molecule has 0 aliphatic heterocycles. The third kappa shape index (κ3) is 3.33. The molecule has 1 heterocycles. The molecule has 0 fully saturated rings. The molecule has 0 bridgehead atoms. The number of pyridine rings is 1. The van der Waals surface area contributed by atoms with Crippen LogP contribution in [0.25, 0.3) is 0 Å². The molecule has 0 aliphatic rings. The van der Waals surface area contributed by atoms with E-state index in [0.29, 0.717) is 11.3 Å². The Morgan fingerprint density at radius 2 is 2.00 bits per heavy atom. The molecule has 1 aromatic carbocycles. The molecule has 1 N–H and O–H groups in total. The van der Waals surface area contributed by atoms with Crippen molar-refractivity contribution in [3.05, 3.63) is 64.0 Å². The third-order valence-corrected chi connectivity index (χ3v) is 3.02. The minimum Gasteiger partial charge on any atom is -0.465 e. The average molecular weight is 287 g/mol. The number of rotatable bonds is 4. The Hall–Kier alpha value is -2.96. The van der Waals surface area contributed by atoms with Gasteiger partial charge in [0.1, 0.15) is 0 Å². The summed E-state index contributed by atoms with van der Waals surface area (Å²) in [5.41, 5.74) is 1.56. The number of aryl methyl sites for hydroxylation is 1. The standard InChI is InChI=1S/C14H13N3O4/c1-10-2-3-12(17(20)21)8-13(10)16(14(18)19)9-11-4-6-15-7-5-11/h2-8H,9H2,1H3,(H,18,19). The number of nitrogens with zero attached hydrogens (tertiary/aromatic N) is 3. The molecule has 2 rings (SSSR count). The number of nitro benzene ring substituents is 1. The van der Waals surface area contributed by atoms with Gasteiger partial charge in [0.05, 0.1) is 17.2 Å². The van der Waals surface area contributed by atoms with Crippen LogP contribution in [0.1, 0.15) is 11.1 Å². The molecule has 0 atom stereocenters. The largest absolute Gasteiger partial charge is 0.465 e. The number of hydrogen-bond acceptors (Lipinski definition) is 4. The summed E-state index contributed by atoms with van der Waals surface area (Å²) in [4.78, 5) is 26.7. The van der Waals surface area contributed by atoms with Crippen LogP contribution in [0.2, 0.25) is 0 Å². The van der Waals surface area contributed by atoms with Crippen molar-refractivity contribution in [1.82, 2.24) is 4.98 Å². The predicted molar refractivity (Wildman–Crippen MR) is 76.3 cm³/mol. The molecule has 0 saturated carbocycles. The van der Waals surface area contributed by atoms with Crippen LogP contribution in [-0.2, 0) is 6.54 Å². The number of anilines is 1. The molecule has 0 unspecified atom stereocenters. The molecule has 1 amide bonds. The Bertz CT molecular complexity index is 673. The van der Waals surface area contributed by atoms with Crippen LogP contribution in [0.4, 0.5) is 16.2 Å². The Morgan fingerprint density at radius 3 is 2.57 bits per heavy atom. The maximum Gasteiger partial charge on any atom is 0.412 e. The topological polar surface area (TPSA) is 96.6 Å². The molecule has 7 nitrogen and oxygen atoms in total. The quantitative estimate of drug-likeness (QED) is 0.688. The second-order valence-corrected chi connectivity index (χ2v) is 4.45. The van der Waals surface area contributed by atoms with Crippen molar-refractivity contribution >= 4 is 17.5 Å². The summed E-state index contributed by atoms with van der Waals surface area (Å²) in [6, 6.07) is 7.55. The van der Waals surface area contributed by atoms with Gasteiger partial charge in [-0.15, -0.1) is 0 Å². The molecule has 7 heteroatoms. The van der Waals surface area contributed by atoms with Crippen molar-refractivity contribution in [2.75, 3.05) is 4.90 Å². The zero-order valence-corrected chi connectivity index (χ0v) is 11.3. The van der Waals surface area contributed by atoms with Crippen molar-refractivity contribution < 1.29 is 14.8 Å². The molecule has 2 aromatic rings. The molecule has 0 aliphatic carbocycles. The maximum absolute atomic E-state index is 11.5. The van der Waals surface area contributed by atoms with Crippen LogP contribution in [0.5, 0.6) is 0 Å².